The fourth-order valence-corrected chi connectivity index (χ4v) is 4.52. The van der Waals surface area contributed by atoms with Gasteiger partial charge in [0.25, 0.3) is 15.9 Å². The van der Waals surface area contributed by atoms with E-state index in [2.05, 4.69) is 0 Å². The Morgan fingerprint density at radius 1 is 1.07 bits per heavy atom. The van der Waals surface area contributed by atoms with Gasteiger partial charge in [-0.25, -0.2) is 13.2 Å². The van der Waals surface area contributed by atoms with Crippen molar-refractivity contribution in [2.45, 2.75) is 31.3 Å². The Morgan fingerprint density at radius 3 is 2.32 bits per heavy atom. The van der Waals surface area contributed by atoms with Crippen molar-refractivity contribution in [3.63, 3.8) is 0 Å². The number of aliphatic hydroxyl groups excluding tert-OH is 1. The molecule has 148 valence electrons. The molecule has 0 fully saturated rings. The van der Waals surface area contributed by atoms with Gasteiger partial charge in [-0.1, -0.05) is 35.9 Å². The number of para-hydroxylation sites is 1. The highest BCUT2D eigenvalue weighted by Gasteiger charge is 2.41. The topological polar surface area (TPSA) is 93.1 Å². The monoisotopic (exact) mass is 423 g/mol. The molecule has 0 spiro atoms. The van der Waals surface area contributed by atoms with Crippen molar-refractivity contribution in [3.05, 3.63) is 65.0 Å². The number of sulfonamides is 1. The van der Waals surface area contributed by atoms with Crippen molar-refractivity contribution in [3.8, 4) is 0 Å². The zero-order chi connectivity index (χ0) is 20.7. The van der Waals surface area contributed by atoms with Gasteiger partial charge >= 0.3 is 6.16 Å². The Bertz CT molecular complexity index is 1070. The van der Waals surface area contributed by atoms with Gasteiger partial charge in [-0.05, 0) is 45.0 Å². The Hall–Kier alpha value is -2.71. The van der Waals surface area contributed by atoms with Gasteiger partial charge in [0.05, 0.1) is 15.6 Å². The van der Waals surface area contributed by atoms with Crippen molar-refractivity contribution >= 4 is 39.2 Å². The molecule has 0 aromatic heterocycles. The summed E-state index contributed by atoms with van der Waals surface area (Å²) in [5, 5.41) is 10.8. The van der Waals surface area contributed by atoms with Gasteiger partial charge in [-0.2, -0.15) is 4.31 Å². The van der Waals surface area contributed by atoms with Gasteiger partial charge in [0.15, 0.2) is 5.76 Å². The summed E-state index contributed by atoms with van der Waals surface area (Å²) in [6.45, 7) is 4.88. The predicted octanol–water partition coefficient (Wildman–Crippen LogP) is 4.68. The standard InChI is InChI=1S/C19H18ClNO6S/c1-19(2,3)27-18(23)26-17-16(22)12-8-4-7-11-15(12)28(24,25)21(17)14-10-6-5-9-13(14)20/h4-11,22H,1-3H3. The highest BCUT2D eigenvalue weighted by Crippen LogP contribution is 2.41. The maximum atomic E-state index is 13.3. The van der Waals surface area contributed by atoms with Crippen molar-refractivity contribution in [1.82, 2.24) is 0 Å². The first-order valence-electron chi connectivity index (χ1n) is 8.26. The van der Waals surface area contributed by atoms with Crippen molar-refractivity contribution in [1.29, 1.82) is 0 Å². The van der Waals surface area contributed by atoms with Crippen LogP contribution >= 0.6 is 11.6 Å². The van der Waals surface area contributed by atoms with E-state index in [4.69, 9.17) is 21.1 Å². The van der Waals surface area contributed by atoms with Crippen LogP contribution < -0.4 is 4.31 Å². The number of carbonyl (C=O) groups excluding carboxylic acids is 1. The summed E-state index contributed by atoms with van der Waals surface area (Å²) < 4.78 is 37.5. The van der Waals surface area contributed by atoms with E-state index in [1.54, 1.807) is 39.0 Å². The van der Waals surface area contributed by atoms with Crippen LogP contribution in [0.25, 0.3) is 5.76 Å². The van der Waals surface area contributed by atoms with Gasteiger partial charge in [0.1, 0.15) is 5.60 Å². The molecule has 0 bridgehead atoms. The molecule has 1 aliphatic rings. The van der Waals surface area contributed by atoms with Gasteiger partial charge < -0.3 is 14.6 Å². The van der Waals surface area contributed by atoms with E-state index >= 15 is 0 Å². The Morgan fingerprint density at radius 2 is 1.68 bits per heavy atom. The molecule has 9 heteroatoms. The molecular weight excluding hydrogens is 406 g/mol. The van der Waals surface area contributed by atoms with Gasteiger partial charge in [-0.15, -0.1) is 0 Å². The molecule has 2 aromatic rings. The lowest BCUT2D eigenvalue weighted by Gasteiger charge is -2.31. The van der Waals surface area contributed by atoms with Crippen LogP contribution in [0.1, 0.15) is 26.3 Å². The average molecular weight is 424 g/mol. The zero-order valence-corrected chi connectivity index (χ0v) is 16.9. The first-order valence-corrected chi connectivity index (χ1v) is 10.1. The molecule has 0 radical (unpaired) electrons. The van der Waals surface area contributed by atoms with E-state index in [1.165, 1.54) is 30.3 Å². The molecule has 0 amide bonds. The highest BCUT2D eigenvalue weighted by molar-refractivity contribution is 7.93. The Labute approximate surface area is 167 Å². The molecule has 3 rings (SSSR count). The van der Waals surface area contributed by atoms with Crippen molar-refractivity contribution in [2.24, 2.45) is 0 Å². The summed E-state index contributed by atoms with van der Waals surface area (Å²) in [6.07, 6.45) is -1.17. The third-order valence-corrected chi connectivity index (χ3v) is 5.76. The molecule has 0 saturated carbocycles. The average Bonchev–Trinajstić information content (AvgIpc) is 2.59. The summed E-state index contributed by atoms with van der Waals surface area (Å²) in [5.41, 5.74) is -0.860. The number of anilines is 1. The van der Waals surface area contributed by atoms with Gasteiger partial charge in [-0.3, -0.25) is 0 Å². The number of fused-ring (bicyclic) bond motifs is 1. The quantitative estimate of drug-likeness (QED) is 0.704. The number of hydrogen-bond donors (Lipinski definition) is 1. The predicted molar refractivity (Wildman–Crippen MR) is 104 cm³/mol. The van der Waals surface area contributed by atoms with Crippen LogP contribution in [-0.2, 0) is 19.5 Å². The molecule has 0 unspecified atom stereocenters. The Kier molecular flexibility index (Phi) is 5.03. The number of hydrogen-bond acceptors (Lipinski definition) is 6. The SMILES string of the molecule is CC(C)(C)OC(=O)OC1=C(O)c2ccccc2S(=O)(=O)N1c1ccccc1Cl. The summed E-state index contributed by atoms with van der Waals surface area (Å²) >= 11 is 6.19. The molecular formula is C19H18ClNO6S. The number of aliphatic hydroxyl groups is 1. The van der Waals surface area contributed by atoms with E-state index in [9.17, 15) is 18.3 Å². The van der Waals surface area contributed by atoms with Crippen LogP contribution in [0.4, 0.5) is 10.5 Å². The number of benzene rings is 2. The van der Waals surface area contributed by atoms with E-state index in [1.807, 2.05) is 0 Å². The van der Waals surface area contributed by atoms with Crippen molar-refractivity contribution in [2.75, 3.05) is 4.31 Å². The largest absolute Gasteiger partial charge is 0.515 e. The molecule has 7 nitrogen and oxygen atoms in total. The van der Waals surface area contributed by atoms with Crippen LogP contribution in [0.15, 0.2) is 59.3 Å². The maximum Gasteiger partial charge on any atom is 0.515 e. The molecule has 28 heavy (non-hydrogen) atoms. The summed E-state index contributed by atoms with van der Waals surface area (Å²) in [7, 11) is -4.23. The third kappa shape index (κ3) is 3.65. The van der Waals surface area contributed by atoms with Crippen LogP contribution in [0.5, 0.6) is 0 Å². The lowest BCUT2D eigenvalue weighted by molar-refractivity contribution is 0.00583. The zero-order valence-electron chi connectivity index (χ0n) is 15.3. The van der Waals surface area contributed by atoms with Crippen LogP contribution in [-0.4, -0.2) is 25.3 Å². The highest BCUT2D eigenvalue weighted by atomic mass is 35.5. The second-order valence-corrected chi connectivity index (χ2v) is 9.10. The fourth-order valence-electron chi connectivity index (χ4n) is 2.60. The number of ether oxygens (including phenoxy) is 2. The fraction of sp³-hybridized carbons (Fsp3) is 0.211. The van der Waals surface area contributed by atoms with E-state index in [0.717, 1.165) is 0 Å². The molecule has 0 aliphatic carbocycles. The maximum absolute atomic E-state index is 13.3. The molecule has 1 N–H and O–H groups in total. The molecule has 1 aliphatic heterocycles. The molecule has 1 heterocycles. The second kappa shape index (κ2) is 7.03. The van der Waals surface area contributed by atoms with E-state index in [0.29, 0.717) is 4.31 Å². The minimum atomic E-state index is -4.23. The minimum absolute atomic E-state index is 0.00404. The smallest absolute Gasteiger partial charge is 0.503 e. The second-order valence-electron chi connectivity index (χ2n) is 6.94. The minimum Gasteiger partial charge on any atom is -0.503 e. The van der Waals surface area contributed by atoms with E-state index < -0.39 is 33.4 Å². The van der Waals surface area contributed by atoms with Crippen LogP contribution in [0.3, 0.4) is 0 Å². The lowest BCUT2D eigenvalue weighted by Crippen LogP contribution is -2.38. The number of nitrogens with zero attached hydrogens (tertiary/aromatic N) is 1. The summed E-state index contributed by atoms with van der Waals surface area (Å²) in [4.78, 5) is 12.1. The number of carbonyl (C=O) groups is 1. The first kappa shape index (κ1) is 20.0. The normalized spacial score (nSPS) is 15.8. The van der Waals surface area contributed by atoms with Crippen LogP contribution in [0, 0.1) is 0 Å². The summed E-state index contributed by atoms with van der Waals surface area (Å²) in [5.74, 6) is -1.14. The van der Waals surface area contributed by atoms with Gasteiger partial charge in [0, 0.05) is 5.56 Å². The van der Waals surface area contributed by atoms with E-state index in [-0.39, 0.29) is 21.2 Å². The molecule has 2 aromatic carbocycles. The number of halogens is 1. The lowest BCUT2D eigenvalue weighted by atomic mass is 10.2. The third-order valence-electron chi connectivity index (χ3n) is 3.69. The Balaban J connectivity index is 2.21. The van der Waals surface area contributed by atoms with Crippen LogP contribution in [0.2, 0.25) is 5.02 Å². The van der Waals surface area contributed by atoms with Gasteiger partial charge in [0.2, 0.25) is 0 Å². The molecule has 0 atom stereocenters. The molecule has 0 saturated heterocycles. The summed E-state index contributed by atoms with van der Waals surface area (Å²) in [6, 6.07) is 11.9. The number of rotatable bonds is 2. The van der Waals surface area contributed by atoms with Crippen molar-refractivity contribution < 1.29 is 27.8 Å². The first-order chi connectivity index (χ1) is 13.0.